The molecule has 0 aliphatic carbocycles. The average molecular weight is 618 g/mol. The fraction of sp³-hybridized carbons (Fsp3) is 0. The molecular weight excluding hydrogens is 591 g/mol. The summed E-state index contributed by atoms with van der Waals surface area (Å²) in [5, 5.41) is 9.92. The van der Waals surface area contributed by atoms with Crippen molar-refractivity contribution < 1.29 is 4.42 Å². The lowest BCUT2D eigenvalue weighted by Gasteiger charge is -2.26. The smallest absolute Gasteiger partial charge is 0.136 e. The molecule has 0 fully saturated rings. The molecule has 220 valence electrons. The van der Waals surface area contributed by atoms with Gasteiger partial charge in [0.1, 0.15) is 11.2 Å². The van der Waals surface area contributed by atoms with Crippen molar-refractivity contribution in [2.75, 3.05) is 4.90 Å². The standard InChI is InChI=1S/C44H27NOS/c1-2-8-35-29(7-1)13-14-30-17-21-33(26-40(30)35)45(34-22-24-39-38-10-4-6-12-43(38)47-44(39)27-34)32-19-15-28(16-20-32)31-18-23-37-36-9-3-5-11-41(36)46-42(37)25-31/h1-27H. The number of furan rings is 1. The van der Waals surface area contributed by atoms with Gasteiger partial charge in [-0.2, -0.15) is 0 Å². The number of anilines is 3. The molecule has 10 aromatic rings. The van der Waals surface area contributed by atoms with E-state index in [0.29, 0.717) is 0 Å². The third kappa shape index (κ3) is 4.25. The molecule has 0 bridgehead atoms. The van der Waals surface area contributed by atoms with Crippen molar-refractivity contribution in [3.63, 3.8) is 0 Å². The molecule has 0 N–H and O–H groups in total. The Balaban J connectivity index is 1.13. The van der Waals surface area contributed by atoms with Gasteiger partial charge in [-0.15, -0.1) is 11.3 Å². The number of nitrogens with zero attached hydrogens (tertiary/aromatic N) is 1. The van der Waals surface area contributed by atoms with Crippen LogP contribution in [0, 0.1) is 0 Å². The SMILES string of the molecule is c1ccc2c(c1)ccc1ccc(N(c3ccc(-c4ccc5c(c4)oc4ccccc45)cc3)c3ccc4c(c3)sc3ccccc34)cc12. The van der Waals surface area contributed by atoms with Gasteiger partial charge in [0.25, 0.3) is 0 Å². The molecule has 0 amide bonds. The molecule has 0 radical (unpaired) electrons. The van der Waals surface area contributed by atoms with Gasteiger partial charge in [-0.25, -0.2) is 0 Å². The van der Waals surface area contributed by atoms with E-state index < -0.39 is 0 Å². The summed E-state index contributed by atoms with van der Waals surface area (Å²) in [7, 11) is 0. The van der Waals surface area contributed by atoms with E-state index >= 15 is 0 Å². The highest BCUT2D eigenvalue weighted by Gasteiger charge is 2.17. The second-order valence-electron chi connectivity index (χ2n) is 12.2. The van der Waals surface area contributed by atoms with E-state index in [1.807, 2.05) is 23.5 Å². The van der Waals surface area contributed by atoms with Crippen molar-refractivity contribution in [2.45, 2.75) is 0 Å². The van der Waals surface area contributed by atoms with Gasteiger partial charge < -0.3 is 9.32 Å². The van der Waals surface area contributed by atoms with E-state index in [0.717, 1.165) is 50.1 Å². The van der Waals surface area contributed by atoms with E-state index in [2.05, 4.69) is 157 Å². The van der Waals surface area contributed by atoms with Gasteiger partial charge in [-0.05, 0) is 93.3 Å². The molecule has 0 aliphatic rings. The van der Waals surface area contributed by atoms with Gasteiger partial charge in [0.2, 0.25) is 0 Å². The fourth-order valence-corrected chi connectivity index (χ4v) is 8.28. The summed E-state index contributed by atoms with van der Waals surface area (Å²) in [5.41, 5.74) is 7.50. The van der Waals surface area contributed by atoms with Gasteiger partial charge in [0, 0.05) is 48.0 Å². The van der Waals surface area contributed by atoms with Crippen LogP contribution in [0.5, 0.6) is 0 Å². The highest BCUT2D eigenvalue weighted by Crippen LogP contribution is 2.42. The van der Waals surface area contributed by atoms with Crippen LogP contribution in [0.2, 0.25) is 0 Å². The third-order valence-electron chi connectivity index (χ3n) is 9.45. The van der Waals surface area contributed by atoms with Crippen LogP contribution in [0.4, 0.5) is 17.1 Å². The van der Waals surface area contributed by atoms with E-state index in [4.69, 9.17) is 4.42 Å². The molecule has 0 atom stereocenters. The maximum Gasteiger partial charge on any atom is 0.136 e. The Morgan fingerprint density at radius 2 is 0.957 bits per heavy atom. The first kappa shape index (κ1) is 26.3. The van der Waals surface area contributed by atoms with E-state index in [1.165, 1.54) is 41.7 Å². The molecule has 10 rings (SSSR count). The summed E-state index contributed by atoms with van der Waals surface area (Å²) in [6.07, 6.45) is 0. The number of thiophene rings is 1. The minimum absolute atomic E-state index is 0.912. The van der Waals surface area contributed by atoms with Crippen LogP contribution in [-0.2, 0) is 0 Å². The molecule has 3 heteroatoms. The molecule has 0 saturated carbocycles. The van der Waals surface area contributed by atoms with Gasteiger partial charge in [0.15, 0.2) is 0 Å². The first-order valence-corrected chi connectivity index (χ1v) is 16.7. The Bertz CT molecular complexity index is 2810. The Kier molecular flexibility index (Phi) is 5.78. The molecule has 8 aromatic carbocycles. The molecule has 47 heavy (non-hydrogen) atoms. The van der Waals surface area contributed by atoms with Crippen molar-refractivity contribution in [1.29, 1.82) is 0 Å². The molecule has 0 aliphatic heterocycles. The zero-order valence-corrected chi connectivity index (χ0v) is 26.2. The van der Waals surface area contributed by atoms with Crippen LogP contribution in [0.25, 0.3) is 74.8 Å². The van der Waals surface area contributed by atoms with Crippen LogP contribution in [-0.4, -0.2) is 0 Å². The van der Waals surface area contributed by atoms with E-state index in [9.17, 15) is 0 Å². The number of hydrogen-bond donors (Lipinski definition) is 0. The van der Waals surface area contributed by atoms with Gasteiger partial charge in [-0.3, -0.25) is 0 Å². The van der Waals surface area contributed by atoms with Crippen molar-refractivity contribution in [2.24, 2.45) is 0 Å². The van der Waals surface area contributed by atoms with Crippen molar-refractivity contribution in [3.05, 3.63) is 164 Å². The van der Waals surface area contributed by atoms with Gasteiger partial charge in [0.05, 0.1) is 0 Å². The van der Waals surface area contributed by atoms with Gasteiger partial charge >= 0.3 is 0 Å². The minimum Gasteiger partial charge on any atom is -0.456 e. The predicted molar refractivity (Wildman–Crippen MR) is 202 cm³/mol. The molecule has 0 saturated heterocycles. The maximum absolute atomic E-state index is 6.21. The molecule has 2 aromatic heterocycles. The Morgan fingerprint density at radius 1 is 0.362 bits per heavy atom. The zero-order chi connectivity index (χ0) is 30.9. The lowest BCUT2D eigenvalue weighted by molar-refractivity contribution is 0.669. The zero-order valence-electron chi connectivity index (χ0n) is 25.4. The third-order valence-corrected chi connectivity index (χ3v) is 10.6. The van der Waals surface area contributed by atoms with Crippen molar-refractivity contribution in [3.8, 4) is 11.1 Å². The summed E-state index contributed by atoms with van der Waals surface area (Å²) in [5.74, 6) is 0. The lowest BCUT2D eigenvalue weighted by atomic mass is 10.0. The predicted octanol–water partition coefficient (Wildman–Crippen LogP) is 13.4. The summed E-state index contributed by atoms with van der Waals surface area (Å²) in [6, 6.07) is 59.2. The molecular formula is C44H27NOS. The Morgan fingerprint density at radius 3 is 1.85 bits per heavy atom. The quantitative estimate of drug-likeness (QED) is 0.183. The monoisotopic (exact) mass is 617 g/mol. The molecule has 2 nitrogen and oxygen atoms in total. The molecule has 2 heterocycles. The average Bonchev–Trinajstić information content (AvgIpc) is 3.69. The first-order chi connectivity index (χ1) is 23.3. The Hall–Kier alpha value is -5.90. The lowest BCUT2D eigenvalue weighted by Crippen LogP contribution is -2.09. The second-order valence-corrected chi connectivity index (χ2v) is 13.2. The first-order valence-electron chi connectivity index (χ1n) is 15.9. The fourth-order valence-electron chi connectivity index (χ4n) is 7.14. The topological polar surface area (TPSA) is 16.4 Å². The number of rotatable bonds is 4. The highest BCUT2D eigenvalue weighted by atomic mass is 32.1. The maximum atomic E-state index is 6.21. The van der Waals surface area contributed by atoms with Crippen LogP contribution in [0.1, 0.15) is 0 Å². The van der Waals surface area contributed by atoms with Crippen LogP contribution < -0.4 is 4.90 Å². The number of para-hydroxylation sites is 1. The second kappa shape index (κ2) is 10.3. The molecule has 0 unspecified atom stereocenters. The van der Waals surface area contributed by atoms with Crippen LogP contribution >= 0.6 is 11.3 Å². The van der Waals surface area contributed by atoms with E-state index in [-0.39, 0.29) is 0 Å². The highest BCUT2D eigenvalue weighted by molar-refractivity contribution is 7.25. The van der Waals surface area contributed by atoms with Crippen molar-refractivity contribution in [1.82, 2.24) is 0 Å². The molecule has 0 spiro atoms. The van der Waals surface area contributed by atoms with Crippen LogP contribution in [0.15, 0.2) is 168 Å². The van der Waals surface area contributed by atoms with Crippen LogP contribution in [0.3, 0.4) is 0 Å². The summed E-state index contributed by atoms with van der Waals surface area (Å²) in [6.45, 7) is 0. The summed E-state index contributed by atoms with van der Waals surface area (Å²) >= 11 is 1.85. The Labute approximate surface area is 275 Å². The number of benzene rings is 8. The normalized spacial score (nSPS) is 11.8. The minimum atomic E-state index is 0.912. The number of hydrogen-bond acceptors (Lipinski definition) is 3. The van der Waals surface area contributed by atoms with Crippen molar-refractivity contribution >= 4 is 92.1 Å². The van der Waals surface area contributed by atoms with E-state index in [1.54, 1.807) is 0 Å². The summed E-state index contributed by atoms with van der Waals surface area (Å²) < 4.78 is 8.81. The summed E-state index contributed by atoms with van der Waals surface area (Å²) in [4.78, 5) is 2.39. The largest absolute Gasteiger partial charge is 0.456 e. The number of fused-ring (bicyclic) bond motifs is 9. The van der Waals surface area contributed by atoms with Gasteiger partial charge in [-0.1, -0.05) is 103 Å².